The summed E-state index contributed by atoms with van der Waals surface area (Å²) in [5.41, 5.74) is 0. The zero-order valence-electron chi connectivity index (χ0n) is 14.0. The fraction of sp³-hybridized carbons (Fsp3) is 0.125. The molecule has 0 saturated heterocycles. The van der Waals surface area contributed by atoms with Crippen LogP contribution in [0.2, 0.25) is 0 Å². The second-order valence-corrected chi connectivity index (χ2v) is 5.36. The van der Waals surface area contributed by atoms with Crippen molar-refractivity contribution < 1.29 is 63.0 Å². The van der Waals surface area contributed by atoms with Crippen LogP contribution in [0, 0.1) is 64.1 Å². The van der Waals surface area contributed by atoms with Gasteiger partial charge < -0.3 is 9.47 Å². The molecule has 2 rings (SSSR count). The summed E-state index contributed by atoms with van der Waals surface area (Å²) >= 11 is 0. The molecular weight excluding hydrogens is 446 g/mol. The molecule has 0 aliphatic rings. The number of halogens is 10. The van der Waals surface area contributed by atoms with Gasteiger partial charge in [0.2, 0.25) is 69.7 Å². The third kappa shape index (κ3) is 3.76. The molecule has 2 aromatic rings. The summed E-state index contributed by atoms with van der Waals surface area (Å²) in [5.74, 6) is -36.1. The van der Waals surface area contributed by atoms with Crippen LogP contribution in [0.25, 0.3) is 0 Å². The highest BCUT2D eigenvalue weighted by Crippen LogP contribution is 2.31. The lowest BCUT2D eigenvalue weighted by Gasteiger charge is -2.14. The molecule has 30 heavy (non-hydrogen) atoms. The van der Waals surface area contributed by atoms with Crippen LogP contribution in [0.4, 0.5) is 43.9 Å². The van der Waals surface area contributed by atoms with Crippen molar-refractivity contribution in [2.24, 2.45) is 5.92 Å². The van der Waals surface area contributed by atoms with Crippen molar-refractivity contribution in [2.45, 2.75) is 6.92 Å². The Morgan fingerprint density at radius 1 is 0.500 bits per heavy atom. The van der Waals surface area contributed by atoms with E-state index in [1.54, 1.807) is 0 Å². The third-order valence-corrected chi connectivity index (χ3v) is 3.45. The summed E-state index contributed by atoms with van der Waals surface area (Å²) in [6, 6.07) is 0. The molecule has 0 atom stereocenters. The maximum atomic E-state index is 13.5. The zero-order valence-corrected chi connectivity index (χ0v) is 14.0. The van der Waals surface area contributed by atoms with Crippen LogP contribution in [-0.4, -0.2) is 11.9 Å². The van der Waals surface area contributed by atoms with Gasteiger partial charge in [-0.05, 0) is 6.92 Å². The highest BCUT2D eigenvalue weighted by atomic mass is 19.2. The van der Waals surface area contributed by atoms with Crippen molar-refractivity contribution >= 4 is 11.9 Å². The fourth-order valence-electron chi connectivity index (χ4n) is 1.82. The Morgan fingerprint density at radius 3 is 0.933 bits per heavy atom. The van der Waals surface area contributed by atoms with E-state index in [1.807, 2.05) is 0 Å². The van der Waals surface area contributed by atoms with E-state index in [0.29, 0.717) is 6.92 Å². The zero-order chi connectivity index (χ0) is 23.1. The van der Waals surface area contributed by atoms with E-state index in [1.165, 1.54) is 0 Å². The minimum Gasteiger partial charge on any atom is -0.419 e. The van der Waals surface area contributed by atoms with Crippen LogP contribution >= 0.6 is 0 Å². The van der Waals surface area contributed by atoms with E-state index in [4.69, 9.17) is 0 Å². The van der Waals surface area contributed by atoms with Gasteiger partial charge in [0, 0.05) is 0 Å². The lowest BCUT2D eigenvalue weighted by molar-refractivity contribution is -0.150. The van der Waals surface area contributed by atoms with Gasteiger partial charge in [-0.3, -0.25) is 9.59 Å². The van der Waals surface area contributed by atoms with Gasteiger partial charge in [-0.2, -0.15) is 17.6 Å². The van der Waals surface area contributed by atoms with E-state index in [2.05, 4.69) is 9.47 Å². The van der Waals surface area contributed by atoms with E-state index in [0.717, 1.165) is 0 Å². The Morgan fingerprint density at radius 2 is 0.700 bits per heavy atom. The summed E-state index contributed by atoms with van der Waals surface area (Å²) in [6.45, 7) is 0.517. The molecular formula is C16H4F10O4. The highest BCUT2D eigenvalue weighted by molar-refractivity contribution is 5.96. The lowest BCUT2D eigenvalue weighted by Crippen LogP contribution is -2.30. The van der Waals surface area contributed by atoms with Gasteiger partial charge in [0.15, 0.2) is 5.92 Å². The summed E-state index contributed by atoms with van der Waals surface area (Å²) in [5, 5.41) is 0. The Hall–Kier alpha value is -3.32. The van der Waals surface area contributed by atoms with Crippen molar-refractivity contribution in [2.75, 3.05) is 0 Å². The number of hydrogen-bond donors (Lipinski definition) is 0. The average molecular weight is 450 g/mol. The van der Waals surface area contributed by atoms with Crippen LogP contribution in [0.1, 0.15) is 6.92 Å². The minimum atomic E-state index is -2.58. The van der Waals surface area contributed by atoms with E-state index >= 15 is 0 Å². The predicted octanol–water partition coefficient (Wildman–Crippen LogP) is 4.22. The van der Waals surface area contributed by atoms with Crippen LogP contribution in [0.3, 0.4) is 0 Å². The van der Waals surface area contributed by atoms with Gasteiger partial charge in [0.05, 0.1) is 0 Å². The smallest absolute Gasteiger partial charge is 0.325 e. The Bertz CT molecular complexity index is 927. The first-order chi connectivity index (χ1) is 13.8. The Balaban J connectivity index is 2.30. The van der Waals surface area contributed by atoms with E-state index in [9.17, 15) is 53.5 Å². The molecule has 0 saturated carbocycles. The number of benzene rings is 2. The third-order valence-electron chi connectivity index (χ3n) is 3.45. The molecule has 0 bridgehead atoms. The minimum absolute atomic E-state index is 0.517. The molecule has 162 valence electrons. The second kappa shape index (κ2) is 8.20. The van der Waals surface area contributed by atoms with Gasteiger partial charge in [-0.1, -0.05) is 0 Å². The largest absolute Gasteiger partial charge is 0.419 e. The monoisotopic (exact) mass is 450 g/mol. The van der Waals surface area contributed by atoms with Crippen molar-refractivity contribution in [3.05, 3.63) is 58.2 Å². The normalized spacial score (nSPS) is 11.1. The van der Waals surface area contributed by atoms with Gasteiger partial charge in [0.1, 0.15) is 0 Å². The summed E-state index contributed by atoms with van der Waals surface area (Å²) < 4.78 is 140. The van der Waals surface area contributed by atoms with Crippen LogP contribution < -0.4 is 9.47 Å². The predicted molar refractivity (Wildman–Crippen MR) is 72.9 cm³/mol. The van der Waals surface area contributed by atoms with Gasteiger partial charge in [0.25, 0.3) is 0 Å². The van der Waals surface area contributed by atoms with E-state index < -0.39 is 87.5 Å². The molecule has 0 amide bonds. The molecule has 0 unspecified atom stereocenters. The van der Waals surface area contributed by atoms with Gasteiger partial charge in [-0.15, -0.1) is 0 Å². The first kappa shape index (κ1) is 23.0. The average Bonchev–Trinajstić information content (AvgIpc) is 2.73. The maximum Gasteiger partial charge on any atom is 0.325 e. The molecule has 0 aromatic heterocycles. The summed E-state index contributed by atoms with van der Waals surface area (Å²) in [6.07, 6.45) is 0. The molecule has 0 heterocycles. The second-order valence-electron chi connectivity index (χ2n) is 5.36. The quantitative estimate of drug-likeness (QED) is 0.175. The molecule has 4 nitrogen and oxygen atoms in total. The number of carbonyl (C=O) groups is 2. The van der Waals surface area contributed by atoms with E-state index in [-0.39, 0.29) is 0 Å². The number of carbonyl (C=O) groups excluding carboxylic acids is 2. The molecule has 14 heteroatoms. The topological polar surface area (TPSA) is 52.6 Å². The fourth-order valence-corrected chi connectivity index (χ4v) is 1.82. The summed E-state index contributed by atoms with van der Waals surface area (Å²) in [4.78, 5) is 23.4. The molecule has 0 radical (unpaired) electrons. The number of hydrogen-bond acceptors (Lipinski definition) is 4. The standard InChI is InChI=1S/C16H4F10O4/c1-2(15(27)29-13-9(23)5(19)3(17)6(20)10(13)24)16(28)30-14-11(25)7(21)4(18)8(22)12(14)26/h2H,1H3. The molecule has 0 aliphatic heterocycles. The highest BCUT2D eigenvalue weighted by Gasteiger charge is 2.34. The molecule has 0 N–H and O–H groups in total. The van der Waals surface area contributed by atoms with Crippen molar-refractivity contribution in [3.8, 4) is 11.5 Å². The summed E-state index contributed by atoms with van der Waals surface area (Å²) in [7, 11) is 0. The molecule has 0 spiro atoms. The Labute approximate surface area is 158 Å². The van der Waals surface area contributed by atoms with Crippen LogP contribution in [0.15, 0.2) is 0 Å². The first-order valence-corrected chi connectivity index (χ1v) is 7.27. The van der Waals surface area contributed by atoms with Crippen LogP contribution in [-0.2, 0) is 9.59 Å². The van der Waals surface area contributed by atoms with Gasteiger partial charge >= 0.3 is 11.9 Å². The number of rotatable bonds is 4. The Kier molecular flexibility index (Phi) is 6.28. The van der Waals surface area contributed by atoms with Crippen LogP contribution in [0.5, 0.6) is 11.5 Å². The van der Waals surface area contributed by atoms with Crippen molar-refractivity contribution in [3.63, 3.8) is 0 Å². The SMILES string of the molecule is CC(C(=O)Oc1c(F)c(F)c(F)c(F)c1F)C(=O)Oc1c(F)c(F)c(F)c(F)c1F. The molecule has 2 aromatic carbocycles. The first-order valence-electron chi connectivity index (χ1n) is 7.27. The lowest BCUT2D eigenvalue weighted by atomic mass is 10.2. The molecule has 0 aliphatic carbocycles. The van der Waals surface area contributed by atoms with Crippen molar-refractivity contribution in [1.29, 1.82) is 0 Å². The maximum absolute atomic E-state index is 13.5. The van der Waals surface area contributed by atoms with Crippen molar-refractivity contribution in [1.82, 2.24) is 0 Å². The number of ether oxygens (including phenoxy) is 2. The van der Waals surface area contributed by atoms with Gasteiger partial charge in [-0.25, -0.2) is 26.3 Å². The number of esters is 2. The molecule has 0 fully saturated rings.